The van der Waals surface area contributed by atoms with Crippen molar-refractivity contribution >= 4 is 22.1 Å². The summed E-state index contributed by atoms with van der Waals surface area (Å²) in [6.07, 6.45) is 3.33. The van der Waals surface area contributed by atoms with Crippen LogP contribution in [0.4, 0.5) is 0 Å². The van der Waals surface area contributed by atoms with E-state index in [0.717, 1.165) is 0 Å². The second-order valence-corrected chi connectivity index (χ2v) is 8.33. The van der Waals surface area contributed by atoms with Crippen LogP contribution in [0.2, 0.25) is 0 Å². The van der Waals surface area contributed by atoms with Gasteiger partial charge in [-0.15, -0.1) is 0 Å². The second kappa shape index (κ2) is 10.3. The second-order valence-electron chi connectivity index (χ2n) is 6.64. The fourth-order valence-electron chi connectivity index (χ4n) is 3.73. The topological polar surface area (TPSA) is 116 Å². The molecule has 2 fully saturated rings. The smallest absolute Gasteiger partial charge is 0.469 e. The molecule has 0 aromatic rings. The molecule has 0 heterocycles. The quantitative estimate of drug-likeness (QED) is 0.249. The molecule has 2 rings (SSSR count). The molecular formula is C16H25KO8S. The molecule has 0 bridgehead atoms. The zero-order valence-electron chi connectivity index (χ0n) is 15.5. The Morgan fingerprint density at radius 2 is 1.46 bits per heavy atom. The van der Waals surface area contributed by atoms with E-state index in [2.05, 4.69) is 0 Å². The zero-order valence-corrected chi connectivity index (χ0v) is 19.4. The number of hydrogen-bond donors (Lipinski definition) is 1. The fraction of sp³-hybridized carbons (Fsp3) is 0.812. The predicted octanol–water partition coefficient (Wildman–Crippen LogP) is -1.50. The summed E-state index contributed by atoms with van der Waals surface area (Å²) in [6.45, 7) is 0. The van der Waals surface area contributed by atoms with E-state index in [1.807, 2.05) is 6.42 Å². The molecule has 0 aromatic heterocycles. The molecule has 144 valence electrons. The molecule has 2 unspecified atom stereocenters. The van der Waals surface area contributed by atoms with Gasteiger partial charge in [-0.05, 0) is 32.1 Å². The molecule has 0 aromatic carbocycles. The van der Waals surface area contributed by atoms with Gasteiger partial charge < -0.3 is 20.6 Å². The van der Waals surface area contributed by atoms with Gasteiger partial charge in [0.2, 0.25) is 0 Å². The average molecular weight is 417 g/mol. The summed E-state index contributed by atoms with van der Waals surface area (Å²) in [7, 11) is -1.93. The first-order valence-electron chi connectivity index (χ1n) is 8.34. The third-order valence-corrected chi connectivity index (χ3v) is 6.49. The molecule has 10 heteroatoms. The molecule has 2 aliphatic rings. The van der Waals surface area contributed by atoms with Crippen LogP contribution in [-0.4, -0.2) is 50.2 Å². The number of rotatable bonds is 5. The average Bonchev–Trinajstić information content (AvgIpc) is 2.59. The van der Waals surface area contributed by atoms with Crippen LogP contribution >= 0.6 is 0 Å². The van der Waals surface area contributed by atoms with Crippen molar-refractivity contribution < 1.29 is 88.2 Å². The number of hydrogen-bond acceptors (Lipinski definition) is 7. The van der Waals surface area contributed by atoms with Gasteiger partial charge in [-0.25, -0.2) is 0 Å². The van der Waals surface area contributed by atoms with E-state index in [-0.39, 0.29) is 83.5 Å². The number of carbonyl (C=O) groups excluding carboxylic acids is 2. The number of esters is 2. The minimum absolute atomic E-state index is 0. The maximum atomic E-state index is 12.0. The van der Waals surface area contributed by atoms with E-state index >= 15 is 0 Å². The Kier molecular flexibility index (Phi) is 9.69. The molecule has 2 aliphatic carbocycles. The molecule has 26 heavy (non-hydrogen) atoms. The van der Waals surface area contributed by atoms with Gasteiger partial charge in [0.15, 0.2) is 4.93 Å². The normalized spacial score (nSPS) is 28.5. The zero-order chi connectivity index (χ0) is 18.7. The van der Waals surface area contributed by atoms with Crippen LogP contribution in [0.5, 0.6) is 0 Å². The van der Waals surface area contributed by atoms with Crippen molar-refractivity contribution in [2.24, 2.45) is 11.8 Å². The van der Waals surface area contributed by atoms with E-state index in [0.29, 0.717) is 12.8 Å². The minimum Gasteiger partial charge on any atom is -0.469 e. The van der Waals surface area contributed by atoms with Crippen molar-refractivity contribution in [1.82, 2.24) is 0 Å². The maximum absolute atomic E-state index is 12.0. The van der Waals surface area contributed by atoms with E-state index < -0.39 is 44.9 Å². The summed E-state index contributed by atoms with van der Waals surface area (Å²) in [6, 6.07) is 0. The van der Waals surface area contributed by atoms with Crippen LogP contribution in [0.1, 0.15) is 44.9 Å². The summed E-state index contributed by atoms with van der Waals surface area (Å²) in [5.41, 5.74) is 0. The van der Waals surface area contributed by atoms with Gasteiger partial charge in [0.25, 0.3) is 10.1 Å². The monoisotopic (exact) mass is 416 g/mol. The van der Waals surface area contributed by atoms with Gasteiger partial charge in [0.05, 0.1) is 32.2 Å². The van der Waals surface area contributed by atoms with E-state index in [9.17, 15) is 22.6 Å². The van der Waals surface area contributed by atoms with E-state index in [1.54, 1.807) is 0 Å². The van der Waals surface area contributed by atoms with Crippen LogP contribution < -0.4 is 51.4 Å². The molecule has 0 spiro atoms. The van der Waals surface area contributed by atoms with Crippen molar-refractivity contribution in [2.45, 2.75) is 56.0 Å². The van der Waals surface area contributed by atoms with Crippen LogP contribution in [-0.2, 0) is 33.9 Å². The predicted molar refractivity (Wildman–Crippen MR) is 86.8 cm³/mol. The Hall–Kier alpha value is 0.446. The van der Waals surface area contributed by atoms with Crippen molar-refractivity contribution in [3.63, 3.8) is 0 Å². The van der Waals surface area contributed by atoms with Gasteiger partial charge >= 0.3 is 63.3 Å². The molecular weight excluding hydrogens is 391 g/mol. The van der Waals surface area contributed by atoms with Gasteiger partial charge in [-0.1, -0.05) is 0 Å². The Bertz CT molecular complexity index is 575. The Balaban J connectivity index is 0.00000338. The van der Waals surface area contributed by atoms with Crippen molar-refractivity contribution in [2.75, 3.05) is 14.2 Å². The first-order valence-corrected chi connectivity index (χ1v) is 9.78. The van der Waals surface area contributed by atoms with Crippen LogP contribution in [0, 0.1) is 18.3 Å². The molecule has 2 saturated carbocycles. The third kappa shape index (κ3) is 5.73. The summed E-state index contributed by atoms with van der Waals surface area (Å²) < 4.78 is 49.0. The van der Waals surface area contributed by atoms with Gasteiger partial charge in [-0.3, -0.25) is 14.1 Å². The first kappa shape index (κ1) is 24.5. The maximum Gasteiger partial charge on any atom is 1.00 e. The van der Waals surface area contributed by atoms with Crippen molar-refractivity contribution in [1.29, 1.82) is 0 Å². The molecule has 2 atom stereocenters. The summed E-state index contributed by atoms with van der Waals surface area (Å²) >= 11 is 0. The molecule has 0 saturated heterocycles. The molecule has 1 N–H and O–H groups in total. The third-order valence-electron chi connectivity index (χ3n) is 5.04. The van der Waals surface area contributed by atoms with Crippen LogP contribution in [0.25, 0.3) is 0 Å². The van der Waals surface area contributed by atoms with Crippen LogP contribution in [0.3, 0.4) is 0 Å². The number of carbonyl (C=O) groups is 2. The van der Waals surface area contributed by atoms with Gasteiger partial charge in [-0.2, -0.15) is 21.3 Å². The Morgan fingerprint density at radius 1 is 1.00 bits per heavy atom. The summed E-state index contributed by atoms with van der Waals surface area (Å²) in [5, 5.41) is 0. The molecule has 8 nitrogen and oxygen atoms in total. The Morgan fingerprint density at radius 3 is 1.85 bits per heavy atom. The largest absolute Gasteiger partial charge is 1.00 e. The molecule has 0 amide bonds. The van der Waals surface area contributed by atoms with E-state index in [1.165, 1.54) is 14.2 Å². The van der Waals surface area contributed by atoms with Crippen molar-refractivity contribution in [3.05, 3.63) is 6.42 Å². The van der Waals surface area contributed by atoms with E-state index in [4.69, 9.17) is 14.2 Å². The van der Waals surface area contributed by atoms with Gasteiger partial charge in [0, 0.05) is 0 Å². The Labute approximate surface area is 196 Å². The number of methoxy groups -OCH3 is 2. The summed E-state index contributed by atoms with van der Waals surface area (Å²) in [4.78, 5) is 22.2. The molecule has 0 radical (unpaired) electrons. The minimum atomic E-state index is -4.45. The first-order chi connectivity index (χ1) is 11.7. The molecule has 0 aliphatic heterocycles. The fourth-order valence-corrected chi connectivity index (χ4v) is 4.74. The van der Waals surface area contributed by atoms with Gasteiger partial charge in [0.1, 0.15) is 0 Å². The summed E-state index contributed by atoms with van der Waals surface area (Å²) in [5.74, 6) is -2.11. The SMILES string of the molecule is COC(=O)C1CC(OC2(S(=O)(=O)O)CC[CH-]CC2)CC(C(=O)OC)C1.[K+]. The number of ether oxygens (including phenoxy) is 3. The standard InChI is InChI=1S/C16H25O8S.K/c1-22-14(17)11-8-12(15(18)23-2)10-13(9-11)24-16(25(19,20)21)6-4-3-5-7-16;/h3,11-13H,4-10H2,1-2H3,(H,19,20,21);/q-1;+1. The van der Waals surface area contributed by atoms with Crippen LogP contribution in [0.15, 0.2) is 0 Å². The van der Waals surface area contributed by atoms with Crippen molar-refractivity contribution in [3.8, 4) is 0 Å².